The second-order valence-corrected chi connectivity index (χ2v) is 4.24. The van der Waals surface area contributed by atoms with E-state index in [4.69, 9.17) is 4.42 Å². The molecule has 1 atom stereocenters. The number of furan rings is 1. The van der Waals surface area contributed by atoms with Crippen molar-refractivity contribution in [2.24, 2.45) is 0 Å². The van der Waals surface area contributed by atoms with E-state index in [1.54, 1.807) is 18.4 Å². The zero-order valence-corrected chi connectivity index (χ0v) is 9.82. The first-order chi connectivity index (χ1) is 8.34. The van der Waals surface area contributed by atoms with Gasteiger partial charge in [0.05, 0.1) is 6.26 Å². The molecule has 1 aromatic rings. The maximum Gasteiger partial charge on any atom is 0.244 e. The standard InChI is InChI=1S/C13H18N2O2/c16-13(6-5-12-4-2-10-17-12)15-11-3-1-8-14-9-7-11/h2,4-6,10-11,14H,1,3,7-9H2,(H,15,16)/b6-5+. The van der Waals surface area contributed by atoms with Crippen molar-refractivity contribution in [1.82, 2.24) is 10.6 Å². The summed E-state index contributed by atoms with van der Waals surface area (Å²) in [6.45, 7) is 2.03. The van der Waals surface area contributed by atoms with Gasteiger partial charge in [0.25, 0.3) is 0 Å². The maximum absolute atomic E-state index is 11.7. The van der Waals surface area contributed by atoms with E-state index < -0.39 is 0 Å². The molecule has 1 fully saturated rings. The smallest absolute Gasteiger partial charge is 0.244 e. The molecule has 1 aliphatic heterocycles. The Balaban J connectivity index is 1.80. The van der Waals surface area contributed by atoms with Gasteiger partial charge in [-0.15, -0.1) is 0 Å². The zero-order chi connectivity index (χ0) is 11.9. The minimum Gasteiger partial charge on any atom is -0.465 e. The molecule has 2 N–H and O–H groups in total. The molecule has 1 saturated heterocycles. The Hall–Kier alpha value is -1.55. The second-order valence-electron chi connectivity index (χ2n) is 4.24. The van der Waals surface area contributed by atoms with Gasteiger partial charge in [-0.25, -0.2) is 0 Å². The molecule has 0 aromatic carbocycles. The summed E-state index contributed by atoms with van der Waals surface area (Å²) >= 11 is 0. The van der Waals surface area contributed by atoms with Crippen LogP contribution in [0.1, 0.15) is 25.0 Å². The van der Waals surface area contributed by atoms with Gasteiger partial charge in [-0.2, -0.15) is 0 Å². The lowest BCUT2D eigenvalue weighted by molar-refractivity contribution is -0.117. The van der Waals surface area contributed by atoms with Crippen molar-refractivity contribution in [2.45, 2.75) is 25.3 Å². The van der Waals surface area contributed by atoms with Crippen LogP contribution >= 0.6 is 0 Å². The Labute approximate surface area is 101 Å². The van der Waals surface area contributed by atoms with Gasteiger partial charge in [-0.05, 0) is 50.6 Å². The Morgan fingerprint density at radius 2 is 2.41 bits per heavy atom. The van der Waals surface area contributed by atoms with Crippen molar-refractivity contribution in [3.8, 4) is 0 Å². The van der Waals surface area contributed by atoms with Crippen molar-refractivity contribution >= 4 is 12.0 Å². The molecular formula is C13H18N2O2. The minimum absolute atomic E-state index is 0.0479. The fraction of sp³-hybridized carbons (Fsp3) is 0.462. The molecule has 92 valence electrons. The molecule has 1 amide bonds. The van der Waals surface area contributed by atoms with Crippen LogP contribution < -0.4 is 10.6 Å². The van der Waals surface area contributed by atoms with Crippen molar-refractivity contribution in [3.63, 3.8) is 0 Å². The molecular weight excluding hydrogens is 216 g/mol. The van der Waals surface area contributed by atoms with E-state index in [2.05, 4.69) is 10.6 Å². The number of carbonyl (C=O) groups excluding carboxylic acids is 1. The van der Waals surface area contributed by atoms with Crippen LogP contribution in [0.5, 0.6) is 0 Å². The number of nitrogens with one attached hydrogen (secondary N) is 2. The lowest BCUT2D eigenvalue weighted by atomic mass is 10.1. The van der Waals surface area contributed by atoms with Gasteiger partial charge in [0.2, 0.25) is 5.91 Å². The van der Waals surface area contributed by atoms with Gasteiger partial charge < -0.3 is 15.1 Å². The number of rotatable bonds is 3. The maximum atomic E-state index is 11.7. The quantitative estimate of drug-likeness (QED) is 0.780. The van der Waals surface area contributed by atoms with Crippen molar-refractivity contribution < 1.29 is 9.21 Å². The fourth-order valence-corrected chi connectivity index (χ4v) is 1.96. The summed E-state index contributed by atoms with van der Waals surface area (Å²) in [5.41, 5.74) is 0. The van der Waals surface area contributed by atoms with Gasteiger partial charge >= 0.3 is 0 Å². The number of hydrogen-bond acceptors (Lipinski definition) is 3. The monoisotopic (exact) mass is 234 g/mol. The predicted molar refractivity (Wildman–Crippen MR) is 66.4 cm³/mol. The molecule has 1 aliphatic rings. The molecule has 1 aromatic heterocycles. The second kappa shape index (κ2) is 6.25. The first kappa shape index (κ1) is 11.9. The molecule has 4 heteroatoms. The fourth-order valence-electron chi connectivity index (χ4n) is 1.96. The molecule has 0 spiro atoms. The van der Waals surface area contributed by atoms with E-state index in [0.717, 1.165) is 32.4 Å². The molecule has 1 unspecified atom stereocenters. The van der Waals surface area contributed by atoms with Crippen LogP contribution in [0.15, 0.2) is 28.9 Å². The van der Waals surface area contributed by atoms with Gasteiger partial charge in [0, 0.05) is 12.1 Å². The average molecular weight is 234 g/mol. The van der Waals surface area contributed by atoms with Gasteiger partial charge in [-0.1, -0.05) is 0 Å². The molecule has 2 heterocycles. The summed E-state index contributed by atoms with van der Waals surface area (Å²) in [6, 6.07) is 3.91. The van der Waals surface area contributed by atoms with Gasteiger partial charge in [-0.3, -0.25) is 4.79 Å². The minimum atomic E-state index is -0.0479. The Bertz CT molecular complexity index is 363. The normalized spacial score (nSPS) is 21.3. The highest BCUT2D eigenvalue weighted by Gasteiger charge is 2.12. The summed E-state index contributed by atoms with van der Waals surface area (Å²) in [4.78, 5) is 11.7. The van der Waals surface area contributed by atoms with Crippen molar-refractivity contribution in [2.75, 3.05) is 13.1 Å². The summed E-state index contributed by atoms with van der Waals surface area (Å²) in [5.74, 6) is 0.649. The van der Waals surface area contributed by atoms with Crippen molar-refractivity contribution in [1.29, 1.82) is 0 Å². The van der Waals surface area contributed by atoms with E-state index in [9.17, 15) is 4.79 Å². The lowest BCUT2D eigenvalue weighted by Gasteiger charge is -2.14. The number of amides is 1. The van der Waals surface area contributed by atoms with E-state index >= 15 is 0 Å². The lowest BCUT2D eigenvalue weighted by Crippen LogP contribution is -2.34. The van der Waals surface area contributed by atoms with Crippen LogP contribution in [-0.2, 0) is 4.79 Å². The largest absolute Gasteiger partial charge is 0.465 e. The molecule has 0 radical (unpaired) electrons. The molecule has 2 rings (SSSR count). The molecule has 17 heavy (non-hydrogen) atoms. The molecule has 0 bridgehead atoms. The summed E-state index contributed by atoms with van der Waals surface area (Å²) in [6.07, 6.45) is 7.97. The average Bonchev–Trinajstić information content (AvgIpc) is 2.72. The first-order valence-corrected chi connectivity index (χ1v) is 6.07. The SMILES string of the molecule is O=C(/C=C/c1ccco1)NC1CCCNCC1. The predicted octanol–water partition coefficient (Wildman–Crippen LogP) is 1.55. The topological polar surface area (TPSA) is 54.3 Å². The Morgan fingerprint density at radius 3 is 3.24 bits per heavy atom. The highest BCUT2D eigenvalue weighted by molar-refractivity contribution is 5.91. The summed E-state index contributed by atoms with van der Waals surface area (Å²) in [5, 5.41) is 6.33. The van der Waals surface area contributed by atoms with Gasteiger partial charge in [0.1, 0.15) is 5.76 Å². The Kier molecular flexibility index (Phi) is 4.38. The van der Waals surface area contributed by atoms with Crippen LogP contribution in [0.4, 0.5) is 0 Å². The number of carbonyl (C=O) groups is 1. The highest BCUT2D eigenvalue weighted by Crippen LogP contribution is 2.06. The van der Waals surface area contributed by atoms with Gasteiger partial charge in [0.15, 0.2) is 0 Å². The third kappa shape index (κ3) is 4.07. The van der Waals surface area contributed by atoms with E-state index in [-0.39, 0.29) is 5.91 Å². The van der Waals surface area contributed by atoms with E-state index in [1.807, 2.05) is 6.07 Å². The third-order valence-corrected chi connectivity index (χ3v) is 2.86. The summed E-state index contributed by atoms with van der Waals surface area (Å²) in [7, 11) is 0. The third-order valence-electron chi connectivity index (χ3n) is 2.86. The van der Waals surface area contributed by atoms with E-state index in [0.29, 0.717) is 11.8 Å². The van der Waals surface area contributed by atoms with Crippen LogP contribution in [0.2, 0.25) is 0 Å². The highest BCUT2D eigenvalue weighted by atomic mass is 16.3. The Morgan fingerprint density at radius 1 is 1.47 bits per heavy atom. The first-order valence-electron chi connectivity index (χ1n) is 6.07. The molecule has 0 saturated carbocycles. The zero-order valence-electron chi connectivity index (χ0n) is 9.82. The molecule has 0 aliphatic carbocycles. The number of hydrogen-bond donors (Lipinski definition) is 2. The van der Waals surface area contributed by atoms with Crippen LogP contribution in [-0.4, -0.2) is 25.0 Å². The van der Waals surface area contributed by atoms with E-state index in [1.165, 1.54) is 6.08 Å². The van der Waals surface area contributed by atoms with Crippen LogP contribution in [0.25, 0.3) is 6.08 Å². The van der Waals surface area contributed by atoms with Crippen LogP contribution in [0.3, 0.4) is 0 Å². The van der Waals surface area contributed by atoms with Crippen molar-refractivity contribution in [3.05, 3.63) is 30.2 Å². The van der Waals surface area contributed by atoms with Crippen LogP contribution in [0, 0.1) is 0 Å². The molecule has 4 nitrogen and oxygen atoms in total. The summed E-state index contributed by atoms with van der Waals surface area (Å²) < 4.78 is 5.12.